The standard InChI is InChI=1S/C14H14F3NO3/c1-2-14(13(20)21)5-6-18(7-14)12(19)8-3-4-9(15)11(17)10(8)16/h3-4H,2,5-7H2,1H3,(H,20,21). The molecule has 0 aliphatic carbocycles. The van der Waals surface area contributed by atoms with Crippen molar-refractivity contribution in [1.82, 2.24) is 4.90 Å². The first-order valence-corrected chi connectivity index (χ1v) is 6.48. The van der Waals surface area contributed by atoms with Crippen LogP contribution < -0.4 is 0 Å². The molecular formula is C14H14F3NO3. The number of amides is 1. The van der Waals surface area contributed by atoms with Gasteiger partial charge in [-0.15, -0.1) is 0 Å². The van der Waals surface area contributed by atoms with Gasteiger partial charge in [0.15, 0.2) is 17.5 Å². The monoisotopic (exact) mass is 301 g/mol. The van der Waals surface area contributed by atoms with Crippen molar-refractivity contribution in [3.8, 4) is 0 Å². The fourth-order valence-electron chi connectivity index (χ4n) is 2.52. The molecule has 1 fully saturated rings. The second-order valence-corrected chi connectivity index (χ2v) is 5.14. The molecule has 1 amide bonds. The van der Waals surface area contributed by atoms with E-state index in [0.717, 1.165) is 11.0 Å². The number of carboxylic acids is 1. The zero-order valence-corrected chi connectivity index (χ0v) is 11.3. The third kappa shape index (κ3) is 2.48. The number of carbonyl (C=O) groups is 2. The van der Waals surface area contributed by atoms with Crippen LogP contribution in [0, 0.1) is 22.9 Å². The Bertz CT molecular complexity index is 605. The summed E-state index contributed by atoms with van der Waals surface area (Å²) >= 11 is 0. The fraction of sp³-hybridized carbons (Fsp3) is 0.429. The van der Waals surface area contributed by atoms with Gasteiger partial charge in [0.2, 0.25) is 0 Å². The molecule has 1 saturated heterocycles. The molecule has 114 valence electrons. The lowest BCUT2D eigenvalue weighted by molar-refractivity contribution is -0.148. The summed E-state index contributed by atoms with van der Waals surface area (Å²) in [6, 6.07) is 1.54. The maximum atomic E-state index is 13.6. The summed E-state index contributed by atoms with van der Waals surface area (Å²) in [6.45, 7) is 1.76. The number of carboxylic acid groups (broad SMARTS) is 1. The van der Waals surface area contributed by atoms with E-state index >= 15 is 0 Å². The maximum absolute atomic E-state index is 13.6. The second-order valence-electron chi connectivity index (χ2n) is 5.14. The Hall–Kier alpha value is -2.05. The van der Waals surface area contributed by atoms with E-state index in [1.54, 1.807) is 6.92 Å². The molecule has 0 radical (unpaired) electrons. The normalized spacial score (nSPS) is 21.6. The van der Waals surface area contributed by atoms with Gasteiger partial charge in [0.05, 0.1) is 11.0 Å². The van der Waals surface area contributed by atoms with Crippen molar-refractivity contribution in [2.45, 2.75) is 19.8 Å². The summed E-state index contributed by atoms with van der Waals surface area (Å²) in [4.78, 5) is 24.6. The summed E-state index contributed by atoms with van der Waals surface area (Å²) in [7, 11) is 0. The van der Waals surface area contributed by atoms with Crippen LogP contribution in [0.5, 0.6) is 0 Å². The number of benzene rings is 1. The average Bonchev–Trinajstić information content (AvgIpc) is 2.90. The highest BCUT2D eigenvalue weighted by atomic mass is 19.2. The maximum Gasteiger partial charge on any atom is 0.311 e. The molecular weight excluding hydrogens is 287 g/mol. The molecule has 0 saturated carbocycles. The minimum absolute atomic E-state index is 0.0733. The number of nitrogens with zero attached hydrogens (tertiary/aromatic N) is 1. The van der Waals surface area contributed by atoms with Gasteiger partial charge in [0.25, 0.3) is 5.91 Å². The SMILES string of the molecule is CCC1(C(=O)O)CCN(C(=O)c2ccc(F)c(F)c2F)C1. The van der Waals surface area contributed by atoms with Crippen LogP contribution >= 0.6 is 0 Å². The molecule has 1 N–H and O–H groups in total. The zero-order valence-electron chi connectivity index (χ0n) is 11.3. The number of carbonyl (C=O) groups excluding carboxylic acids is 1. The van der Waals surface area contributed by atoms with Crippen LogP contribution in [0.1, 0.15) is 30.1 Å². The number of aliphatic carboxylic acids is 1. The van der Waals surface area contributed by atoms with Gasteiger partial charge in [0, 0.05) is 13.1 Å². The molecule has 1 aromatic carbocycles. The lowest BCUT2D eigenvalue weighted by Gasteiger charge is -2.23. The third-order valence-electron chi connectivity index (χ3n) is 4.04. The van der Waals surface area contributed by atoms with Crippen molar-refractivity contribution in [2.24, 2.45) is 5.41 Å². The fourth-order valence-corrected chi connectivity index (χ4v) is 2.52. The molecule has 4 nitrogen and oxygen atoms in total. The number of hydrogen-bond donors (Lipinski definition) is 1. The van der Waals surface area contributed by atoms with Crippen molar-refractivity contribution in [3.63, 3.8) is 0 Å². The molecule has 1 aromatic rings. The van der Waals surface area contributed by atoms with E-state index < -0.39 is 40.3 Å². The summed E-state index contributed by atoms with van der Waals surface area (Å²) in [5.41, 5.74) is -1.66. The third-order valence-corrected chi connectivity index (χ3v) is 4.04. The minimum Gasteiger partial charge on any atom is -0.481 e. The summed E-state index contributed by atoms with van der Waals surface area (Å²) < 4.78 is 39.7. The van der Waals surface area contributed by atoms with Crippen molar-refractivity contribution >= 4 is 11.9 Å². The van der Waals surface area contributed by atoms with E-state index in [-0.39, 0.29) is 19.5 Å². The molecule has 0 aromatic heterocycles. The van der Waals surface area contributed by atoms with Gasteiger partial charge in [-0.1, -0.05) is 6.92 Å². The van der Waals surface area contributed by atoms with Crippen LogP contribution in [0.3, 0.4) is 0 Å². The molecule has 1 atom stereocenters. The van der Waals surface area contributed by atoms with Crippen LogP contribution in [0.4, 0.5) is 13.2 Å². The lowest BCUT2D eigenvalue weighted by Crippen LogP contribution is -2.36. The Labute approximate surface area is 119 Å². The Balaban J connectivity index is 2.27. The van der Waals surface area contributed by atoms with E-state index in [1.807, 2.05) is 0 Å². The number of hydrogen-bond acceptors (Lipinski definition) is 2. The van der Waals surface area contributed by atoms with Gasteiger partial charge < -0.3 is 10.0 Å². The van der Waals surface area contributed by atoms with Gasteiger partial charge in [0.1, 0.15) is 0 Å². The second kappa shape index (κ2) is 5.38. The van der Waals surface area contributed by atoms with E-state index in [9.17, 15) is 27.9 Å². The Morgan fingerprint density at radius 3 is 2.48 bits per heavy atom. The zero-order chi connectivity index (χ0) is 15.8. The Morgan fingerprint density at radius 2 is 1.95 bits per heavy atom. The van der Waals surface area contributed by atoms with Crippen molar-refractivity contribution in [3.05, 3.63) is 35.1 Å². The number of rotatable bonds is 3. The highest BCUT2D eigenvalue weighted by Crippen LogP contribution is 2.35. The molecule has 2 rings (SSSR count). The van der Waals surface area contributed by atoms with E-state index in [4.69, 9.17) is 0 Å². The average molecular weight is 301 g/mol. The minimum atomic E-state index is -1.71. The van der Waals surface area contributed by atoms with Crippen LogP contribution in [0.15, 0.2) is 12.1 Å². The summed E-state index contributed by atoms with van der Waals surface area (Å²) in [6.07, 6.45) is 0.572. The first-order chi connectivity index (χ1) is 9.82. The topological polar surface area (TPSA) is 57.6 Å². The number of likely N-dealkylation sites (tertiary alicyclic amines) is 1. The summed E-state index contributed by atoms with van der Waals surface area (Å²) in [5.74, 6) is -6.49. The van der Waals surface area contributed by atoms with Crippen molar-refractivity contribution in [2.75, 3.05) is 13.1 Å². The number of halogens is 3. The van der Waals surface area contributed by atoms with Crippen LogP contribution in [-0.4, -0.2) is 35.0 Å². The van der Waals surface area contributed by atoms with Crippen LogP contribution in [-0.2, 0) is 4.79 Å². The molecule has 1 aliphatic heterocycles. The Morgan fingerprint density at radius 1 is 1.29 bits per heavy atom. The molecule has 1 aliphatic rings. The smallest absolute Gasteiger partial charge is 0.311 e. The molecule has 1 unspecified atom stereocenters. The van der Waals surface area contributed by atoms with Gasteiger partial charge in [-0.05, 0) is 25.0 Å². The van der Waals surface area contributed by atoms with Gasteiger partial charge >= 0.3 is 5.97 Å². The van der Waals surface area contributed by atoms with Crippen LogP contribution in [0.25, 0.3) is 0 Å². The largest absolute Gasteiger partial charge is 0.481 e. The molecule has 1 heterocycles. The van der Waals surface area contributed by atoms with E-state index in [0.29, 0.717) is 12.5 Å². The van der Waals surface area contributed by atoms with Gasteiger partial charge in [-0.3, -0.25) is 9.59 Å². The van der Waals surface area contributed by atoms with Gasteiger partial charge in [-0.25, -0.2) is 13.2 Å². The molecule has 0 spiro atoms. The highest BCUT2D eigenvalue weighted by Gasteiger charge is 2.45. The van der Waals surface area contributed by atoms with Gasteiger partial charge in [-0.2, -0.15) is 0 Å². The predicted octanol–water partition coefficient (Wildman–Crippen LogP) is 2.43. The van der Waals surface area contributed by atoms with Crippen molar-refractivity contribution < 1.29 is 27.9 Å². The lowest BCUT2D eigenvalue weighted by atomic mass is 9.84. The molecule has 21 heavy (non-hydrogen) atoms. The van der Waals surface area contributed by atoms with E-state index in [1.165, 1.54) is 0 Å². The Kier molecular flexibility index (Phi) is 3.93. The first kappa shape index (κ1) is 15.3. The van der Waals surface area contributed by atoms with Crippen molar-refractivity contribution in [1.29, 1.82) is 0 Å². The highest BCUT2D eigenvalue weighted by molar-refractivity contribution is 5.95. The van der Waals surface area contributed by atoms with Crippen LogP contribution in [0.2, 0.25) is 0 Å². The molecule has 0 bridgehead atoms. The molecule has 7 heteroatoms. The first-order valence-electron chi connectivity index (χ1n) is 6.48. The predicted molar refractivity (Wildman–Crippen MR) is 67.2 cm³/mol. The quantitative estimate of drug-likeness (QED) is 0.872. The van der Waals surface area contributed by atoms with E-state index in [2.05, 4.69) is 0 Å². The summed E-state index contributed by atoms with van der Waals surface area (Å²) in [5, 5.41) is 9.25.